The maximum atomic E-state index is 12.6. The number of rotatable bonds is 3. The van der Waals surface area contributed by atoms with E-state index >= 15 is 0 Å². The second kappa shape index (κ2) is 3.50. The third kappa shape index (κ3) is 1.91. The summed E-state index contributed by atoms with van der Waals surface area (Å²) in [6.45, 7) is 4.43. The lowest BCUT2D eigenvalue weighted by Gasteiger charge is -2.26. The van der Waals surface area contributed by atoms with Crippen molar-refractivity contribution in [3.8, 4) is 0 Å². The Morgan fingerprint density at radius 3 is 2.73 bits per heavy atom. The van der Waals surface area contributed by atoms with Crippen LogP contribution >= 0.6 is 0 Å². The smallest absolute Gasteiger partial charge is 0.202 e. The molecule has 1 rings (SSSR count). The van der Waals surface area contributed by atoms with Crippen molar-refractivity contribution in [2.45, 2.75) is 45.3 Å². The van der Waals surface area contributed by atoms with E-state index in [4.69, 9.17) is 9.47 Å². The molecule has 1 fully saturated rings. The maximum Gasteiger partial charge on any atom is 0.202 e. The van der Waals surface area contributed by atoms with Crippen molar-refractivity contribution < 1.29 is 13.9 Å². The predicted octanol–water partition coefficient (Wildman–Crippen LogP) is 2.24. The summed E-state index contributed by atoms with van der Waals surface area (Å²) in [4.78, 5) is 0. The van der Waals surface area contributed by atoms with E-state index in [0.717, 1.165) is 6.42 Å². The van der Waals surface area contributed by atoms with Crippen molar-refractivity contribution in [2.75, 3.05) is 6.61 Å². The minimum atomic E-state index is -1.12. The van der Waals surface area contributed by atoms with Crippen LogP contribution in [0.5, 0.6) is 0 Å². The third-order valence-electron chi connectivity index (χ3n) is 2.04. The van der Waals surface area contributed by atoms with Crippen molar-refractivity contribution in [3.63, 3.8) is 0 Å². The Hall–Kier alpha value is -0.150. The fraction of sp³-hybridized carbons (Fsp3) is 1.00. The lowest BCUT2D eigenvalue weighted by atomic mass is 10.1. The molecule has 0 aromatic heterocycles. The SMILES string of the molecule is CCOC1(CC)CCC(F)O1. The Labute approximate surface area is 66.7 Å². The lowest BCUT2D eigenvalue weighted by molar-refractivity contribution is -0.244. The molecular weight excluding hydrogens is 147 g/mol. The molecule has 2 atom stereocenters. The molecule has 0 aromatic carbocycles. The molecule has 1 aliphatic heterocycles. The van der Waals surface area contributed by atoms with Crippen LogP contribution in [-0.4, -0.2) is 18.8 Å². The third-order valence-corrected chi connectivity index (χ3v) is 2.04. The topological polar surface area (TPSA) is 18.5 Å². The zero-order chi connectivity index (χ0) is 8.32. The minimum absolute atomic E-state index is 0.466. The molecule has 0 aromatic rings. The van der Waals surface area contributed by atoms with Crippen molar-refractivity contribution in [2.24, 2.45) is 0 Å². The molecule has 1 saturated heterocycles. The standard InChI is InChI=1S/C8H15FO2/c1-3-8(10-4-2)6-5-7(9)11-8/h7H,3-6H2,1-2H3. The molecule has 2 nitrogen and oxygen atoms in total. The molecule has 0 saturated carbocycles. The molecule has 0 bridgehead atoms. The summed E-state index contributed by atoms with van der Waals surface area (Å²) in [6.07, 6.45) is 0.745. The van der Waals surface area contributed by atoms with Gasteiger partial charge in [0.15, 0.2) is 5.79 Å². The van der Waals surface area contributed by atoms with Gasteiger partial charge in [-0.05, 0) is 13.3 Å². The summed E-state index contributed by atoms with van der Waals surface area (Å²) in [5.74, 6) is -0.617. The van der Waals surface area contributed by atoms with Gasteiger partial charge in [-0.3, -0.25) is 0 Å². The normalized spacial score (nSPS) is 37.9. The monoisotopic (exact) mass is 162 g/mol. The molecule has 0 amide bonds. The first-order valence-electron chi connectivity index (χ1n) is 4.18. The second-order valence-electron chi connectivity index (χ2n) is 2.76. The highest BCUT2D eigenvalue weighted by Crippen LogP contribution is 2.34. The molecule has 2 unspecified atom stereocenters. The van der Waals surface area contributed by atoms with Gasteiger partial charge in [0, 0.05) is 19.4 Å². The van der Waals surface area contributed by atoms with Gasteiger partial charge in [-0.1, -0.05) is 6.92 Å². The van der Waals surface area contributed by atoms with Gasteiger partial charge in [0.25, 0.3) is 0 Å². The van der Waals surface area contributed by atoms with Gasteiger partial charge in [0.1, 0.15) is 0 Å². The van der Waals surface area contributed by atoms with E-state index in [9.17, 15) is 4.39 Å². The average molecular weight is 162 g/mol. The molecular formula is C8H15FO2. The Kier molecular flexibility index (Phi) is 2.84. The molecule has 1 heterocycles. The van der Waals surface area contributed by atoms with Crippen molar-refractivity contribution in [1.29, 1.82) is 0 Å². The predicted molar refractivity (Wildman–Crippen MR) is 39.9 cm³/mol. The van der Waals surface area contributed by atoms with Crippen LogP contribution in [0.4, 0.5) is 4.39 Å². The number of hydrogen-bond acceptors (Lipinski definition) is 2. The van der Waals surface area contributed by atoms with E-state index in [1.165, 1.54) is 0 Å². The van der Waals surface area contributed by atoms with Crippen LogP contribution in [0, 0.1) is 0 Å². The van der Waals surface area contributed by atoms with Crippen molar-refractivity contribution in [3.05, 3.63) is 0 Å². The second-order valence-corrected chi connectivity index (χ2v) is 2.76. The van der Waals surface area contributed by atoms with Crippen LogP contribution in [0.1, 0.15) is 33.1 Å². The largest absolute Gasteiger partial charge is 0.350 e. The maximum absolute atomic E-state index is 12.6. The Morgan fingerprint density at radius 1 is 1.64 bits per heavy atom. The molecule has 1 aliphatic rings. The zero-order valence-corrected chi connectivity index (χ0v) is 7.10. The Morgan fingerprint density at radius 2 is 2.36 bits per heavy atom. The molecule has 11 heavy (non-hydrogen) atoms. The van der Waals surface area contributed by atoms with Gasteiger partial charge in [0.2, 0.25) is 6.36 Å². The molecule has 0 radical (unpaired) electrons. The summed E-state index contributed by atoms with van der Waals surface area (Å²) >= 11 is 0. The highest BCUT2D eigenvalue weighted by molar-refractivity contribution is 4.75. The van der Waals surface area contributed by atoms with Gasteiger partial charge in [-0.25, -0.2) is 4.39 Å². The zero-order valence-electron chi connectivity index (χ0n) is 7.10. The number of hydrogen-bond donors (Lipinski definition) is 0. The molecule has 0 spiro atoms. The highest BCUT2D eigenvalue weighted by atomic mass is 19.1. The number of alkyl halides is 1. The highest BCUT2D eigenvalue weighted by Gasteiger charge is 2.39. The van der Waals surface area contributed by atoms with Gasteiger partial charge in [0.05, 0.1) is 0 Å². The lowest BCUT2D eigenvalue weighted by Crippen LogP contribution is -2.31. The van der Waals surface area contributed by atoms with E-state index in [0.29, 0.717) is 19.4 Å². The van der Waals surface area contributed by atoms with Crippen LogP contribution in [0.25, 0.3) is 0 Å². The average Bonchev–Trinajstić information content (AvgIpc) is 2.34. The Balaban J connectivity index is 2.48. The van der Waals surface area contributed by atoms with Gasteiger partial charge in [-0.15, -0.1) is 0 Å². The van der Waals surface area contributed by atoms with E-state index in [-0.39, 0.29) is 0 Å². The van der Waals surface area contributed by atoms with Crippen LogP contribution in [0.2, 0.25) is 0 Å². The van der Waals surface area contributed by atoms with E-state index in [1.54, 1.807) is 0 Å². The molecule has 0 aliphatic carbocycles. The van der Waals surface area contributed by atoms with Crippen molar-refractivity contribution in [1.82, 2.24) is 0 Å². The van der Waals surface area contributed by atoms with Gasteiger partial charge in [-0.2, -0.15) is 0 Å². The minimum Gasteiger partial charge on any atom is -0.350 e. The Bertz CT molecular complexity index is 125. The summed E-state index contributed by atoms with van der Waals surface area (Å²) in [5.41, 5.74) is 0. The van der Waals surface area contributed by atoms with Crippen LogP contribution in [0.3, 0.4) is 0 Å². The summed E-state index contributed by atoms with van der Waals surface area (Å²) in [6, 6.07) is 0. The van der Waals surface area contributed by atoms with E-state index < -0.39 is 12.1 Å². The van der Waals surface area contributed by atoms with Crippen LogP contribution in [0.15, 0.2) is 0 Å². The van der Waals surface area contributed by atoms with Crippen molar-refractivity contribution >= 4 is 0 Å². The first kappa shape index (κ1) is 8.94. The molecule has 66 valence electrons. The molecule has 3 heteroatoms. The fourth-order valence-electron chi connectivity index (χ4n) is 1.42. The number of halogens is 1. The fourth-order valence-corrected chi connectivity index (χ4v) is 1.42. The van der Waals surface area contributed by atoms with E-state index in [1.807, 2.05) is 13.8 Å². The van der Waals surface area contributed by atoms with Gasteiger partial charge < -0.3 is 9.47 Å². The first-order chi connectivity index (χ1) is 5.22. The van der Waals surface area contributed by atoms with E-state index in [2.05, 4.69) is 0 Å². The van der Waals surface area contributed by atoms with Crippen LogP contribution < -0.4 is 0 Å². The summed E-state index contributed by atoms with van der Waals surface area (Å²) < 4.78 is 23.0. The quantitative estimate of drug-likeness (QED) is 0.633. The number of ether oxygens (including phenoxy) is 2. The molecule has 0 N–H and O–H groups in total. The van der Waals surface area contributed by atoms with Gasteiger partial charge >= 0.3 is 0 Å². The summed E-state index contributed by atoms with van der Waals surface area (Å²) in [5, 5.41) is 0. The van der Waals surface area contributed by atoms with Crippen LogP contribution in [-0.2, 0) is 9.47 Å². The first-order valence-corrected chi connectivity index (χ1v) is 4.18. The summed E-state index contributed by atoms with van der Waals surface area (Å²) in [7, 11) is 0.